The highest BCUT2D eigenvalue weighted by molar-refractivity contribution is 5.46. The van der Waals surface area contributed by atoms with Crippen LogP contribution in [0.3, 0.4) is 0 Å². The topological polar surface area (TPSA) is 90.7 Å². The second-order valence-corrected chi connectivity index (χ2v) is 4.96. The van der Waals surface area contributed by atoms with Crippen molar-refractivity contribution in [2.45, 2.75) is 33.6 Å². The largest absolute Gasteiger partial charge is 0.361 e. The first-order valence-corrected chi connectivity index (χ1v) is 6.61. The van der Waals surface area contributed by atoms with Gasteiger partial charge >= 0.3 is 0 Å². The van der Waals surface area contributed by atoms with Crippen molar-refractivity contribution in [3.05, 3.63) is 41.0 Å². The summed E-state index contributed by atoms with van der Waals surface area (Å²) in [5.74, 6) is 1.60. The molecule has 0 spiro atoms. The zero-order chi connectivity index (χ0) is 15.0. The van der Waals surface area contributed by atoms with Gasteiger partial charge in [0.1, 0.15) is 11.5 Å². The minimum Gasteiger partial charge on any atom is -0.361 e. The molecule has 108 valence electrons. The number of aryl methyl sites for hydroxylation is 3. The number of aromatic nitrogens is 5. The van der Waals surface area contributed by atoms with E-state index in [1.165, 1.54) is 0 Å². The summed E-state index contributed by atoms with van der Waals surface area (Å²) in [6.45, 7) is 7.61. The molecule has 3 aromatic heterocycles. The van der Waals surface area contributed by atoms with Gasteiger partial charge in [0.25, 0.3) is 0 Å². The first-order chi connectivity index (χ1) is 10.1. The lowest BCUT2D eigenvalue weighted by atomic mass is 10.00. The average Bonchev–Trinajstić information content (AvgIpc) is 3.07. The molecule has 0 aliphatic rings. The molecule has 3 rings (SSSR count). The van der Waals surface area contributed by atoms with Crippen LogP contribution in [0.4, 0.5) is 0 Å². The van der Waals surface area contributed by atoms with Gasteiger partial charge in [0.05, 0.1) is 23.5 Å². The summed E-state index contributed by atoms with van der Waals surface area (Å²) in [5.41, 5.74) is 3.23. The molecular formula is C14H15N5O2. The molecule has 7 nitrogen and oxygen atoms in total. The van der Waals surface area contributed by atoms with Crippen molar-refractivity contribution in [3.8, 4) is 11.5 Å². The van der Waals surface area contributed by atoms with Crippen molar-refractivity contribution in [2.24, 2.45) is 0 Å². The summed E-state index contributed by atoms with van der Waals surface area (Å²) < 4.78 is 10.5. The quantitative estimate of drug-likeness (QED) is 0.730. The van der Waals surface area contributed by atoms with Gasteiger partial charge < -0.3 is 9.05 Å². The first kappa shape index (κ1) is 13.4. The van der Waals surface area contributed by atoms with Gasteiger partial charge in [-0.3, -0.25) is 4.98 Å². The van der Waals surface area contributed by atoms with Crippen molar-refractivity contribution in [3.63, 3.8) is 0 Å². The zero-order valence-corrected chi connectivity index (χ0v) is 12.3. The van der Waals surface area contributed by atoms with Gasteiger partial charge in [-0.1, -0.05) is 10.3 Å². The fourth-order valence-corrected chi connectivity index (χ4v) is 2.25. The average molecular weight is 285 g/mol. The van der Waals surface area contributed by atoms with Crippen molar-refractivity contribution in [2.75, 3.05) is 0 Å². The van der Waals surface area contributed by atoms with Gasteiger partial charge in [-0.15, -0.1) is 0 Å². The molecule has 0 aromatic carbocycles. The van der Waals surface area contributed by atoms with E-state index in [-0.39, 0.29) is 5.92 Å². The van der Waals surface area contributed by atoms with Crippen LogP contribution < -0.4 is 0 Å². The normalized spacial score (nSPS) is 12.6. The predicted molar refractivity (Wildman–Crippen MR) is 73.6 cm³/mol. The molecule has 0 saturated carbocycles. The highest BCUT2D eigenvalue weighted by Gasteiger charge is 2.23. The van der Waals surface area contributed by atoms with Gasteiger partial charge in [0.15, 0.2) is 0 Å². The van der Waals surface area contributed by atoms with Gasteiger partial charge in [-0.25, -0.2) is 4.98 Å². The van der Waals surface area contributed by atoms with E-state index in [1.54, 1.807) is 12.4 Å². The molecule has 0 aliphatic heterocycles. The number of nitrogens with zero attached hydrogens (tertiary/aromatic N) is 5. The van der Waals surface area contributed by atoms with E-state index in [2.05, 4.69) is 25.3 Å². The Bertz CT molecular complexity index is 741. The standard InChI is InChI=1S/C14H15N5O2/c1-7-5-16-11(6-15-7)13-17-14(21-19-13)8(2)12-9(3)18-20-10(12)4/h5-6,8H,1-4H3. The molecule has 3 aromatic rings. The van der Waals surface area contributed by atoms with Crippen LogP contribution >= 0.6 is 0 Å². The number of rotatable bonds is 3. The Balaban J connectivity index is 1.93. The van der Waals surface area contributed by atoms with E-state index in [9.17, 15) is 0 Å². The van der Waals surface area contributed by atoms with Crippen LogP contribution in [0.15, 0.2) is 21.4 Å². The molecule has 0 radical (unpaired) electrons. The van der Waals surface area contributed by atoms with Crippen molar-refractivity contribution < 1.29 is 9.05 Å². The fraction of sp³-hybridized carbons (Fsp3) is 0.357. The Morgan fingerprint density at radius 3 is 2.43 bits per heavy atom. The summed E-state index contributed by atoms with van der Waals surface area (Å²) >= 11 is 0. The minimum absolute atomic E-state index is 0.0871. The van der Waals surface area contributed by atoms with Crippen LogP contribution in [0.25, 0.3) is 11.5 Å². The van der Waals surface area contributed by atoms with Crippen molar-refractivity contribution in [1.82, 2.24) is 25.3 Å². The van der Waals surface area contributed by atoms with Gasteiger partial charge in [0.2, 0.25) is 11.7 Å². The van der Waals surface area contributed by atoms with E-state index in [0.717, 1.165) is 22.7 Å². The Labute approximate surface area is 121 Å². The molecule has 0 saturated heterocycles. The summed E-state index contributed by atoms with van der Waals surface area (Å²) in [4.78, 5) is 12.8. The van der Waals surface area contributed by atoms with E-state index in [4.69, 9.17) is 9.05 Å². The molecule has 1 atom stereocenters. The molecule has 0 aliphatic carbocycles. The lowest BCUT2D eigenvalue weighted by Crippen LogP contribution is -1.99. The Hall–Kier alpha value is -2.57. The maximum Gasteiger partial charge on any atom is 0.234 e. The third kappa shape index (κ3) is 2.42. The number of hydrogen-bond acceptors (Lipinski definition) is 7. The minimum atomic E-state index is -0.0871. The monoisotopic (exact) mass is 285 g/mol. The zero-order valence-electron chi connectivity index (χ0n) is 12.3. The molecule has 21 heavy (non-hydrogen) atoms. The van der Waals surface area contributed by atoms with Gasteiger partial charge in [-0.2, -0.15) is 4.98 Å². The maximum absolute atomic E-state index is 5.35. The third-order valence-electron chi connectivity index (χ3n) is 3.34. The lowest BCUT2D eigenvalue weighted by molar-refractivity contribution is 0.367. The second-order valence-electron chi connectivity index (χ2n) is 4.96. The molecule has 0 N–H and O–H groups in total. The summed E-state index contributed by atoms with van der Waals surface area (Å²) in [6.07, 6.45) is 3.30. The SMILES string of the molecule is Cc1cnc(-c2noc(C(C)c3c(C)noc3C)n2)cn1. The van der Waals surface area contributed by atoms with Crippen LogP contribution in [0, 0.1) is 20.8 Å². The van der Waals surface area contributed by atoms with E-state index in [0.29, 0.717) is 17.4 Å². The van der Waals surface area contributed by atoms with E-state index < -0.39 is 0 Å². The van der Waals surface area contributed by atoms with Crippen LogP contribution in [0.1, 0.15) is 41.4 Å². The van der Waals surface area contributed by atoms with E-state index in [1.807, 2.05) is 27.7 Å². The Kier molecular flexibility index (Phi) is 3.25. The highest BCUT2D eigenvalue weighted by Crippen LogP contribution is 2.29. The molecule has 0 bridgehead atoms. The Morgan fingerprint density at radius 1 is 1.00 bits per heavy atom. The summed E-state index contributed by atoms with van der Waals surface area (Å²) in [6, 6.07) is 0. The van der Waals surface area contributed by atoms with Gasteiger partial charge in [0, 0.05) is 11.8 Å². The smallest absolute Gasteiger partial charge is 0.234 e. The van der Waals surface area contributed by atoms with Gasteiger partial charge in [-0.05, 0) is 27.7 Å². The summed E-state index contributed by atoms with van der Waals surface area (Å²) in [7, 11) is 0. The van der Waals surface area contributed by atoms with Crippen LogP contribution in [0.5, 0.6) is 0 Å². The van der Waals surface area contributed by atoms with Crippen molar-refractivity contribution >= 4 is 0 Å². The highest BCUT2D eigenvalue weighted by atomic mass is 16.5. The maximum atomic E-state index is 5.35. The van der Waals surface area contributed by atoms with E-state index >= 15 is 0 Å². The van der Waals surface area contributed by atoms with Crippen molar-refractivity contribution in [1.29, 1.82) is 0 Å². The number of hydrogen-bond donors (Lipinski definition) is 0. The fourth-order valence-electron chi connectivity index (χ4n) is 2.25. The van der Waals surface area contributed by atoms with Crippen LogP contribution in [-0.4, -0.2) is 25.3 Å². The van der Waals surface area contributed by atoms with Crippen LogP contribution in [0.2, 0.25) is 0 Å². The van der Waals surface area contributed by atoms with Crippen LogP contribution in [-0.2, 0) is 0 Å². The molecular weight excluding hydrogens is 270 g/mol. The molecule has 0 fully saturated rings. The molecule has 7 heteroatoms. The summed E-state index contributed by atoms with van der Waals surface area (Å²) in [5, 5.41) is 7.92. The Morgan fingerprint density at radius 2 is 1.81 bits per heavy atom. The molecule has 1 unspecified atom stereocenters. The lowest BCUT2D eigenvalue weighted by Gasteiger charge is -2.04. The third-order valence-corrected chi connectivity index (χ3v) is 3.34. The predicted octanol–water partition coefficient (Wildman–Crippen LogP) is 2.59. The molecule has 3 heterocycles. The first-order valence-electron chi connectivity index (χ1n) is 6.61. The molecule has 0 amide bonds. The second kappa shape index (κ2) is 5.08.